The van der Waals surface area contributed by atoms with Crippen molar-refractivity contribution < 1.29 is 28.9 Å². The second-order valence-electron chi connectivity index (χ2n) is 13.6. The van der Waals surface area contributed by atoms with Gasteiger partial charge in [-0.25, -0.2) is 28.5 Å². The molecule has 51 heavy (non-hydrogen) atoms. The number of hydrogen-bond acceptors (Lipinski definition) is 10. The molecule has 3 heterocycles. The minimum Gasteiger partial charge on any atom is -0.504 e. The molecule has 1 saturated carbocycles. The van der Waals surface area contributed by atoms with Gasteiger partial charge >= 0.3 is 11.4 Å². The largest absolute Gasteiger partial charge is 0.504 e. The second-order valence-corrected chi connectivity index (χ2v) is 13.6. The summed E-state index contributed by atoms with van der Waals surface area (Å²) in [4.78, 5) is 74.3. The predicted octanol–water partition coefficient (Wildman–Crippen LogP) is 2.81. The number of carbonyl (C=O) groups is 2. The summed E-state index contributed by atoms with van der Waals surface area (Å²) >= 11 is 0. The summed E-state index contributed by atoms with van der Waals surface area (Å²) in [5.74, 6) is -1.15. The van der Waals surface area contributed by atoms with E-state index in [0.29, 0.717) is 44.8 Å². The number of phenols is 1. The molecule has 1 fully saturated rings. The van der Waals surface area contributed by atoms with Gasteiger partial charge in [0.25, 0.3) is 5.56 Å². The Morgan fingerprint density at radius 2 is 1.63 bits per heavy atom. The number of aryl methyl sites for hydroxylation is 2. The van der Waals surface area contributed by atoms with Crippen molar-refractivity contribution in [3.63, 3.8) is 0 Å². The number of hydrogen-bond donors (Lipinski definition) is 1. The van der Waals surface area contributed by atoms with E-state index in [1.165, 1.54) is 35.3 Å². The Morgan fingerprint density at radius 3 is 2.31 bits per heavy atom. The summed E-state index contributed by atoms with van der Waals surface area (Å²) in [5, 5.41) is 11.4. The van der Waals surface area contributed by atoms with E-state index in [4.69, 9.17) is 14.2 Å². The number of nitrogens with zero attached hydrogens (tertiary/aromatic N) is 5. The highest BCUT2D eigenvalue weighted by atomic mass is 16.5. The highest BCUT2D eigenvalue weighted by Crippen LogP contribution is 2.62. The second kappa shape index (κ2) is 12.0. The average molecular weight is 698 g/mol. The van der Waals surface area contributed by atoms with Crippen LogP contribution in [0.1, 0.15) is 50.4 Å². The molecule has 2 aromatic carbocycles. The lowest BCUT2D eigenvalue weighted by Crippen LogP contribution is -2.55. The number of Topliss-reactive ketones (excluding diaryl/α,β-unsaturated/α-hetero) is 2. The first kappa shape index (κ1) is 33.8. The molecule has 7 rings (SSSR count). The molecule has 4 atom stereocenters. The number of methoxy groups -OCH3 is 3. The number of benzene rings is 2. The van der Waals surface area contributed by atoms with Gasteiger partial charge in [0.05, 0.1) is 50.4 Å². The first-order valence-corrected chi connectivity index (χ1v) is 16.7. The van der Waals surface area contributed by atoms with Crippen molar-refractivity contribution in [1.29, 1.82) is 0 Å². The van der Waals surface area contributed by atoms with Gasteiger partial charge in [-0.1, -0.05) is 25.1 Å². The van der Waals surface area contributed by atoms with Crippen molar-refractivity contribution in [2.24, 2.45) is 18.4 Å². The molecular formula is C37H39N5O9. The maximum Gasteiger partial charge on any atom is 0.347 e. The summed E-state index contributed by atoms with van der Waals surface area (Å²) < 4.78 is 21.4. The van der Waals surface area contributed by atoms with Crippen LogP contribution in [0.5, 0.6) is 23.0 Å². The van der Waals surface area contributed by atoms with Crippen LogP contribution in [-0.2, 0) is 36.1 Å². The summed E-state index contributed by atoms with van der Waals surface area (Å²) in [7, 11) is 6.03. The monoisotopic (exact) mass is 697 g/mol. The van der Waals surface area contributed by atoms with E-state index in [2.05, 4.69) is 4.98 Å². The highest BCUT2D eigenvalue weighted by Gasteiger charge is 2.61. The van der Waals surface area contributed by atoms with Crippen LogP contribution in [0.3, 0.4) is 0 Å². The number of phenolic OH excluding ortho intramolecular Hbond substituents is 1. The van der Waals surface area contributed by atoms with E-state index < -0.39 is 34.7 Å². The van der Waals surface area contributed by atoms with Crippen LogP contribution in [0, 0.1) is 11.3 Å². The molecule has 0 bridgehead atoms. The lowest BCUT2D eigenvalue weighted by atomic mass is 9.50. The van der Waals surface area contributed by atoms with Crippen molar-refractivity contribution in [3.8, 4) is 23.0 Å². The molecular weight excluding hydrogens is 658 g/mol. The van der Waals surface area contributed by atoms with Gasteiger partial charge in [-0.05, 0) is 43.1 Å². The average Bonchev–Trinajstić information content (AvgIpc) is 3.38. The normalized spacial score (nSPS) is 22.7. The van der Waals surface area contributed by atoms with E-state index in [1.807, 2.05) is 6.08 Å². The summed E-state index contributed by atoms with van der Waals surface area (Å²) in [5.41, 5.74) is 0.0635. The number of fused-ring (bicyclic) bond motifs is 5. The van der Waals surface area contributed by atoms with Crippen LogP contribution in [-0.4, -0.2) is 61.5 Å². The fraction of sp³-hybridized carbons (Fsp3) is 0.405. The Hall–Kier alpha value is -5.66. The van der Waals surface area contributed by atoms with E-state index in [1.54, 1.807) is 58.2 Å². The standard InChI is InChI=1S/C37H39N5O9/c1-18-19(2)33(45)37(3)22(31(18)43)15-25-20(30(37)21-9-8-10-27(49-5)32(21)44)11-14-41-35(47)40(36(48)42(25)41)13-12-23-34(46)39(4)26-17-29(51-7)28(50-6)16-24(26)38-23/h8-11,16-17,22,25,30,44H,12-15H2,1-7H3/t22-,25+,30+,37+/m0/s1. The number of carbonyl (C=O) groups excluding carboxylic acids is 2. The fourth-order valence-corrected chi connectivity index (χ4v) is 8.45. The zero-order valence-corrected chi connectivity index (χ0v) is 29.5. The van der Waals surface area contributed by atoms with Gasteiger partial charge in [-0.2, -0.15) is 0 Å². The molecule has 1 aliphatic heterocycles. The Balaban J connectivity index is 1.32. The number of ketones is 2. The zero-order valence-electron chi connectivity index (χ0n) is 29.5. The number of rotatable bonds is 7. The lowest BCUT2D eigenvalue weighted by Gasteiger charge is -2.53. The number of aromatic hydroxyl groups is 1. The molecule has 14 heteroatoms. The summed E-state index contributed by atoms with van der Waals surface area (Å²) in [6, 6.07) is 7.55. The van der Waals surface area contributed by atoms with E-state index in [-0.39, 0.29) is 60.2 Å². The maximum atomic E-state index is 14.3. The highest BCUT2D eigenvalue weighted by molar-refractivity contribution is 6.15. The molecule has 0 amide bonds. The first-order valence-electron chi connectivity index (χ1n) is 16.7. The molecule has 1 N–H and O–H groups in total. The van der Waals surface area contributed by atoms with Crippen LogP contribution in [0.25, 0.3) is 11.0 Å². The van der Waals surface area contributed by atoms with E-state index in [9.17, 15) is 29.1 Å². The van der Waals surface area contributed by atoms with Gasteiger partial charge in [0.15, 0.2) is 34.6 Å². The molecule has 3 aliphatic rings. The van der Waals surface area contributed by atoms with Crippen LogP contribution in [0.4, 0.5) is 0 Å². The van der Waals surface area contributed by atoms with Gasteiger partial charge in [0.2, 0.25) is 0 Å². The van der Waals surface area contributed by atoms with E-state index in [0.717, 1.165) is 4.57 Å². The van der Waals surface area contributed by atoms with Crippen LogP contribution >= 0.6 is 0 Å². The minimum absolute atomic E-state index is 0.0155. The molecule has 0 unspecified atom stereocenters. The molecule has 0 radical (unpaired) electrons. The third kappa shape index (κ3) is 4.68. The van der Waals surface area contributed by atoms with Gasteiger partial charge in [0.1, 0.15) is 5.69 Å². The Morgan fingerprint density at radius 1 is 0.941 bits per heavy atom. The Labute approximate surface area is 291 Å². The molecule has 14 nitrogen and oxygen atoms in total. The number of aromatic nitrogens is 5. The minimum atomic E-state index is -1.28. The van der Waals surface area contributed by atoms with E-state index >= 15 is 0 Å². The smallest absolute Gasteiger partial charge is 0.347 e. The van der Waals surface area contributed by atoms with Crippen molar-refractivity contribution in [1.82, 2.24) is 23.5 Å². The Kier molecular flexibility index (Phi) is 7.95. The van der Waals surface area contributed by atoms with Gasteiger partial charge in [-0.15, -0.1) is 0 Å². The van der Waals surface area contributed by atoms with Gasteiger partial charge in [-0.3, -0.25) is 14.4 Å². The molecule has 266 valence electrons. The van der Waals surface area contributed by atoms with Gasteiger partial charge in [0, 0.05) is 49.5 Å². The summed E-state index contributed by atoms with van der Waals surface area (Å²) in [6.45, 7) is 4.92. The third-order valence-corrected chi connectivity index (χ3v) is 11.3. The van der Waals surface area contributed by atoms with Crippen LogP contribution in [0.15, 0.2) is 67.5 Å². The van der Waals surface area contributed by atoms with Crippen molar-refractivity contribution in [3.05, 3.63) is 95.7 Å². The maximum absolute atomic E-state index is 14.3. The zero-order chi connectivity index (χ0) is 36.7. The molecule has 2 aromatic heterocycles. The third-order valence-electron chi connectivity index (χ3n) is 11.3. The number of para-hydroxylation sites is 1. The molecule has 4 aromatic rings. The lowest BCUT2D eigenvalue weighted by molar-refractivity contribution is -0.140. The summed E-state index contributed by atoms with van der Waals surface area (Å²) in [6.07, 6.45) is 1.90. The first-order chi connectivity index (χ1) is 24.3. The number of ether oxygens (including phenoxy) is 3. The van der Waals surface area contributed by atoms with Gasteiger partial charge < -0.3 is 23.9 Å². The topological polar surface area (TPSA) is 166 Å². The fourth-order valence-electron chi connectivity index (χ4n) is 8.45. The van der Waals surface area contributed by atoms with Crippen LogP contribution in [0.2, 0.25) is 0 Å². The molecule has 0 saturated heterocycles. The number of allylic oxidation sites excluding steroid dienone is 4. The van der Waals surface area contributed by atoms with Crippen molar-refractivity contribution in [2.45, 2.75) is 58.7 Å². The predicted molar refractivity (Wildman–Crippen MR) is 186 cm³/mol. The van der Waals surface area contributed by atoms with Crippen LogP contribution < -0.4 is 31.1 Å². The van der Waals surface area contributed by atoms with Crippen molar-refractivity contribution >= 4 is 22.6 Å². The Bertz CT molecular complexity index is 2430. The quantitative estimate of drug-likeness (QED) is 0.284. The van der Waals surface area contributed by atoms with Crippen molar-refractivity contribution in [2.75, 3.05) is 21.3 Å². The SMILES string of the molecule is COc1cc2nc(CCn3c(=O)n4n(c3=O)[C@@H]3C[C@H]5C(=O)C(C)=C(C)C(=O)[C@@]5(C)[C@@H](c5cccc(OC)c5O)C3=CC4)c(=O)n(C)c2cc1OC. The molecule has 0 spiro atoms. The molecule has 2 aliphatic carbocycles.